The molecule has 190 valence electrons. The number of aliphatic hydroxyl groups is 1. The van der Waals surface area contributed by atoms with E-state index in [0.29, 0.717) is 21.5 Å². The van der Waals surface area contributed by atoms with E-state index in [1.807, 2.05) is 28.8 Å². The van der Waals surface area contributed by atoms with Gasteiger partial charge in [-0.1, -0.05) is 53.5 Å². The topological polar surface area (TPSA) is 71.8 Å². The number of methoxy groups -OCH3 is 1. The number of para-hydroxylation sites is 2. The number of anilines is 1. The molecular weight excluding hydrogens is 531 g/mol. The summed E-state index contributed by atoms with van der Waals surface area (Å²) in [6, 6.07) is 26.1. The molecule has 0 radical (unpaired) electrons. The normalized spacial score (nSPS) is 12.6. The van der Waals surface area contributed by atoms with Crippen LogP contribution in [0.3, 0.4) is 0 Å². The van der Waals surface area contributed by atoms with E-state index in [1.165, 1.54) is 23.5 Å². The summed E-state index contributed by atoms with van der Waals surface area (Å²) in [5.74, 6) is 0.385. The maximum absolute atomic E-state index is 13.8. The summed E-state index contributed by atoms with van der Waals surface area (Å²) in [4.78, 5) is 0.120. The molecule has 0 fully saturated rings. The van der Waals surface area contributed by atoms with Gasteiger partial charge in [0.2, 0.25) is 0 Å². The van der Waals surface area contributed by atoms with E-state index in [9.17, 15) is 13.5 Å². The van der Waals surface area contributed by atoms with Gasteiger partial charge in [0, 0.05) is 31.9 Å². The minimum Gasteiger partial charge on any atom is -0.495 e. The fourth-order valence-electron chi connectivity index (χ4n) is 4.59. The first-order valence-corrected chi connectivity index (χ1v) is 13.7. The van der Waals surface area contributed by atoms with Crippen molar-refractivity contribution in [2.45, 2.75) is 17.5 Å². The second-order valence-electron chi connectivity index (χ2n) is 8.61. The van der Waals surface area contributed by atoms with E-state index in [4.69, 9.17) is 27.9 Å². The van der Waals surface area contributed by atoms with Gasteiger partial charge in [0.05, 0.1) is 36.9 Å². The summed E-state index contributed by atoms with van der Waals surface area (Å²) in [6.07, 6.45) is -1.06. The minimum atomic E-state index is -4.01. The number of aromatic nitrogens is 1. The summed E-state index contributed by atoms with van der Waals surface area (Å²) in [5.41, 5.74) is 2.06. The van der Waals surface area contributed by atoms with Gasteiger partial charge < -0.3 is 14.4 Å². The van der Waals surface area contributed by atoms with Crippen molar-refractivity contribution in [2.75, 3.05) is 18.0 Å². The van der Waals surface area contributed by atoms with Crippen molar-refractivity contribution in [1.82, 2.24) is 4.57 Å². The molecule has 0 saturated carbocycles. The van der Waals surface area contributed by atoms with Crippen molar-refractivity contribution in [3.63, 3.8) is 0 Å². The first-order chi connectivity index (χ1) is 17.8. The van der Waals surface area contributed by atoms with Crippen LogP contribution >= 0.6 is 23.2 Å². The number of hydrogen-bond donors (Lipinski definition) is 1. The number of halogens is 2. The number of benzene rings is 4. The molecule has 6 nitrogen and oxygen atoms in total. The average molecular weight is 555 g/mol. The molecule has 0 aliphatic carbocycles. The zero-order valence-electron chi connectivity index (χ0n) is 19.9. The Balaban J connectivity index is 1.57. The van der Waals surface area contributed by atoms with Gasteiger partial charge in [0.15, 0.2) is 0 Å². The SMILES string of the molecule is COc1ccccc1N(C[C@@H](O)Cn1c2ccc(Cl)cc2c2cc(Cl)ccc21)S(=O)(=O)c1ccccc1. The van der Waals surface area contributed by atoms with Crippen LogP contribution in [0.15, 0.2) is 95.9 Å². The largest absolute Gasteiger partial charge is 0.495 e. The van der Waals surface area contributed by atoms with Gasteiger partial charge in [-0.3, -0.25) is 4.31 Å². The van der Waals surface area contributed by atoms with Gasteiger partial charge in [0.1, 0.15) is 5.75 Å². The quantitative estimate of drug-likeness (QED) is 0.242. The Morgan fingerprint density at radius 1 is 0.865 bits per heavy atom. The zero-order chi connectivity index (χ0) is 26.2. The van der Waals surface area contributed by atoms with Crippen LogP contribution < -0.4 is 9.04 Å². The highest BCUT2D eigenvalue weighted by Crippen LogP contribution is 2.35. The van der Waals surface area contributed by atoms with Crippen molar-refractivity contribution in [3.8, 4) is 5.75 Å². The van der Waals surface area contributed by atoms with Gasteiger partial charge >= 0.3 is 0 Å². The Morgan fingerprint density at radius 2 is 1.43 bits per heavy atom. The first kappa shape index (κ1) is 25.4. The number of sulfonamides is 1. The van der Waals surface area contributed by atoms with Crippen LogP contribution in [-0.2, 0) is 16.6 Å². The summed E-state index contributed by atoms with van der Waals surface area (Å²) >= 11 is 12.5. The van der Waals surface area contributed by atoms with E-state index >= 15 is 0 Å². The summed E-state index contributed by atoms with van der Waals surface area (Å²) in [6.45, 7) is -0.0564. The summed E-state index contributed by atoms with van der Waals surface area (Å²) < 4.78 is 36.1. The number of nitrogens with zero attached hydrogens (tertiary/aromatic N) is 2. The second-order valence-corrected chi connectivity index (χ2v) is 11.3. The Morgan fingerprint density at radius 3 is 2.03 bits per heavy atom. The van der Waals surface area contributed by atoms with E-state index in [2.05, 4.69) is 0 Å². The molecule has 0 aliphatic heterocycles. The second kappa shape index (κ2) is 10.3. The molecule has 1 atom stereocenters. The number of aliphatic hydroxyl groups excluding tert-OH is 1. The highest BCUT2D eigenvalue weighted by molar-refractivity contribution is 7.92. The van der Waals surface area contributed by atoms with Crippen LogP contribution in [0.5, 0.6) is 5.75 Å². The Kier molecular flexibility index (Phi) is 7.05. The van der Waals surface area contributed by atoms with E-state index < -0.39 is 16.1 Å². The van der Waals surface area contributed by atoms with E-state index in [0.717, 1.165) is 21.8 Å². The van der Waals surface area contributed by atoms with Gasteiger partial charge in [-0.05, 0) is 60.7 Å². The highest BCUT2D eigenvalue weighted by atomic mass is 35.5. The molecule has 0 bridgehead atoms. The van der Waals surface area contributed by atoms with Crippen molar-refractivity contribution in [3.05, 3.63) is 101 Å². The van der Waals surface area contributed by atoms with E-state index in [1.54, 1.807) is 54.6 Å². The van der Waals surface area contributed by atoms with Crippen LogP contribution in [0.4, 0.5) is 5.69 Å². The molecule has 37 heavy (non-hydrogen) atoms. The molecule has 9 heteroatoms. The standard InChI is InChI=1S/C28H24Cl2N2O4S/c1-36-28-10-6-5-9-27(28)32(37(34,35)22-7-3-2-4-8-22)18-21(33)17-31-25-13-11-19(29)15-23(25)24-16-20(30)12-14-26(24)31/h2-16,21,33H,17-18H2,1H3/t21-/m0/s1. The van der Waals surface area contributed by atoms with Crippen LogP contribution in [0, 0.1) is 0 Å². The lowest BCUT2D eigenvalue weighted by Gasteiger charge is -2.28. The van der Waals surface area contributed by atoms with Gasteiger partial charge in [-0.2, -0.15) is 0 Å². The van der Waals surface area contributed by atoms with Crippen LogP contribution in [0.25, 0.3) is 21.8 Å². The molecule has 5 aromatic rings. The fraction of sp³-hybridized carbons (Fsp3) is 0.143. The molecule has 1 heterocycles. The maximum Gasteiger partial charge on any atom is 0.264 e. The number of fused-ring (bicyclic) bond motifs is 3. The fourth-order valence-corrected chi connectivity index (χ4v) is 6.46. The maximum atomic E-state index is 13.8. The predicted molar refractivity (Wildman–Crippen MR) is 149 cm³/mol. The molecule has 0 spiro atoms. The number of ether oxygens (including phenoxy) is 1. The zero-order valence-corrected chi connectivity index (χ0v) is 22.2. The highest BCUT2D eigenvalue weighted by Gasteiger charge is 2.29. The van der Waals surface area contributed by atoms with Crippen LogP contribution in [0.2, 0.25) is 10.0 Å². The summed E-state index contributed by atoms with van der Waals surface area (Å²) in [5, 5.41) is 14.3. The molecule has 1 N–H and O–H groups in total. The van der Waals surface area contributed by atoms with Crippen molar-refractivity contribution < 1.29 is 18.3 Å². The summed E-state index contributed by atoms with van der Waals surface area (Å²) in [7, 11) is -2.52. The first-order valence-electron chi connectivity index (χ1n) is 11.6. The molecule has 4 aromatic carbocycles. The third kappa shape index (κ3) is 4.88. The van der Waals surface area contributed by atoms with Crippen molar-refractivity contribution >= 4 is 60.7 Å². The van der Waals surface area contributed by atoms with Gasteiger partial charge in [0.25, 0.3) is 10.0 Å². The molecule has 0 saturated heterocycles. The van der Waals surface area contributed by atoms with Gasteiger partial charge in [-0.15, -0.1) is 0 Å². The molecule has 0 amide bonds. The predicted octanol–water partition coefficient (Wildman–Crippen LogP) is 6.37. The molecular formula is C28H24Cl2N2O4S. The third-order valence-electron chi connectivity index (χ3n) is 6.24. The third-order valence-corrected chi connectivity index (χ3v) is 8.51. The van der Waals surface area contributed by atoms with Gasteiger partial charge in [-0.25, -0.2) is 8.42 Å². The van der Waals surface area contributed by atoms with Crippen LogP contribution in [-0.4, -0.2) is 37.8 Å². The molecule has 0 unspecified atom stereocenters. The molecule has 1 aromatic heterocycles. The number of rotatable bonds is 8. The van der Waals surface area contributed by atoms with Crippen LogP contribution in [0.1, 0.15) is 0 Å². The Bertz CT molecular complexity index is 1630. The molecule has 5 rings (SSSR count). The lowest BCUT2D eigenvalue weighted by Crippen LogP contribution is -2.39. The number of hydrogen-bond acceptors (Lipinski definition) is 4. The average Bonchev–Trinajstić information content (AvgIpc) is 3.19. The van der Waals surface area contributed by atoms with Crippen molar-refractivity contribution in [2.24, 2.45) is 0 Å². The lowest BCUT2D eigenvalue weighted by atomic mass is 10.1. The smallest absolute Gasteiger partial charge is 0.264 e. The van der Waals surface area contributed by atoms with Crippen molar-refractivity contribution in [1.29, 1.82) is 0 Å². The minimum absolute atomic E-state index is 0.120. The molecule has 0 aliphatic rings. The van der Waals surface area contributed by atoms with E-state index in [-0.39, 0.29) is 18.0 Å². The monoisotopic (exact) mass is 554 g/mol. The Labute approximate surface area is 225 Å². The lowest BCUT2D eigenvalue weighted by molar-refractivity contribution is 0.166. The Hall–Kier alpha value is -3.23.